The third-order valence-corrected chi connectivity index (χ3v) is 6.35. The van der Waals surface area contributed by atoms with Crippen LogP contribution in [0.15, 0.2) is 36.4 Å². The zero-order chi connectivity index (χ0) is 26.6. The number of anilines is 1. The molecule has 1 aliphatic rings. The number of piperazine rings is 1. The predicted molar refractivity (Wildman–Crippen MR) is 130 cm³/mol. The quantitative estimate of drug-likeness (QED) is 0.395. The van der Waals surface area contributed by atoms with Gasteiger partial charge in [0.25, 0.3) is 0 Å². The smallest absolute Gasteiger partial charge is 0.407 e. The molecule has 0 spiro atoms. The molecule has 0 bridgehead atoms. The van der Waals surface area contributed by atoms with E-state index in [0.29, 0.717) is 0 Å². The highest BCUT2D eigenvalue weighted by Crippen LogP contribution is 2.38. The molecule has 10 heteroatoms. The van der Waals surface area contributed by atoms with E-state index in [1.807, 2.05) is 7.05 Å². The first-order valence-corrected chi connectivity index (χ1v) is 11.9. The summed E-state index contributed by atoms with van der Waals surface area (Å²) < 4.78 is 61.9. The van der Waals surface area contributed by atoms with E-state index in [-0.39, 0.29) is 34.8 Å². The van der Waals surface area contributed by atoms with E-state index < -0.39 is 30.0 Å². The Labute approximate surface area is 208 Å². The first-order chi connectivity index (χ1) is 16.9. The third-order valence-electron chi connectivity index (χ3n) is 6.35. The van der Waals surface area contributed by atoms with Crippen LogP contribution in [0.1, 0.15) is 31.9 Å². The first-order valence-electron chi connectivity index (χ1n) is 11.9. The average molecular weight is 512 g/mol. The van der Waals surface area contributed by atoms with Gasteiger partial charge < -0.3 is 19.6 Å². The minimum Gasteiger partial charge on any atom is -0.507 e. The van der Waals surface area contributed by atoms with Crippen LogP contribution >= 0.6 is 0 Å². The van der Waals surface area contributed by atoms with Crippen LogP contribution in [0.5, 0.6) is 5.75 Å². The van der Waals surface area contributed by atoms with Gasteiger partial charge in [-0.1, -0.05) is 26.0 Å². The van der Waals surface area contributed by atoms with Crippen LogP contribution in [0.4, 0.5) is 23.2 Å². The lowest BCUT2D eigenvalue weighted by Crippen LogP contribution is -2.45. The highest BCUT2D eigenvalue weighted by atomic mass is 19.4. The summed E-state index contributed by atoms with van der Waals surface area (Å²) in [7, 11) is 3.13. The van der Waals surface area contributed by atoms with Crippen molar-refractivity contribution in [2.75, 3.05) is 45.2 Å². The fourth-order valence-corrected chi connectivity index (χ4v) is 4.36. The summed E-state index contributed by atoms with van der Waals surface area (Å²) >= 11 is 0. The average Bonchev–Trinajstić information content (AvgIpc) is 2.81. The largest absolute Gasteiger partial charge is 0.507 e. The van der Waals surface area contributed by atoms with Crippen molar-refractivity contribution in [3.05, 3.63) is 47.8 Å². The molecule has 2 aromatic carbocycles. The molecule has 1 heterocycles. The van der Waals surface area contributed by atoms with Gasteiger partial charge in [-0.25, -0.2) is 4.39 Å². The topological polar surface area (TPSA) is 65.0 Å². The van der Waals surface area contributed by atoms with Crippen LogP contribution in [0.3, 0.4) is 0 Å². The Kier molecular flexibility index (Phi) is 8.84. The van der Waals surface area contributed by atoms with Crippen LogP contribution in [-0.2, 0) is 9.53 Å². The number of esters is 1. The Morgan fingerprint density at radius 1 is 1.08 bits per heavy atom. The van der Waals surface area contributed by atoms with E-state index in [9.17, 15) is 23.1 Å². The van der Waals surface area contributed by atoms with Crippen LogP contribution in [0.2, 0.25) is 0 Å². The number of phenolic OH excluding ortho intramolecular Hbond substituents is 1. The number of hydrogen-bond donors (Lipinski definition) is 2. The third kappa shape index (κ3) is 6.67. The molecule has 0 radical (unpaired) electrons. The van der Waals surface area contributed by atoms with Gasteiger partial charge >= 0.3 is 12.1 Å². The summed E-state index contributed by atoms with van der Waals surface area (Å²) in [6.45, 7) is 6.79. The van der Waals surface area contributed by atoms with Crippen molar-refractivity contribution >= 4 is 11.7 Å². The Morgan fingerprint density at radius 2 is 1.75 bits per heavy atom. The normalized spacial score (nSPS) is 16.8. The van der Waals surface area contributed by atoms with Crippen molar-refractivity contribution in [1.82, 2.24) is 10.2 Å². The number of nitrogens with one attached hydrogen (secondary N) is 1. The summed E-state index contributed by atoms with van der Waals surface area (Å²) in [5.74, 6) is -1.98. The van der Waals surface area contributed by atoms with E-state index >= 15 is 4.39 Å². The Hall–Kier alpha value is -2.85. The Morgan fingerprint density at radius 3 is 2.31 bits per heavy atom. The molecule has 1 fully saturated rings. The second-order valence-corrected chi connectivity index (χ2v) is 9.58. The van der Waals surface area contributed by atoms with Crippen molar-refractivity contribution in [2.45, 2.75) is 38.5 Å². The number of benzene rings is 2. The molecule has 6 nitrogen and oxygen atoms in total. The fourth-order valence-electron chi connectivity index (χ4n) is 4.36. The minimum atomic E-state index is -4.79. The van der Waals surface area contributed by atoms with Crippen molar-refractivity contribution in [2.24, 2.45) is 5.92 Å². The number of phenols is 1. The molecular weight excluding hydrogens is 478 g/mol. The van der Waals surface area contributed by atoms with Crippen LogP contribution < -0.4 is 10.2 Å². The van der Waals surface area contributed by atoms with E-state index in [1.165, 1.54) is 12.1 Å². The van der Waals surface area contributed by atoms with E-state index in [0.717, 1.165) is 51.1 Å². The number of ether oxygens (including phenoxy) is 1. The lowest BCUT2D eigenvalue weighted by atomic mass is 9.96. The van der Waals surface area contributed by atoms with E-state index in [2.05, 4.69) is 19.9 Å². The molecule has 0 amide bonds. The van der Waals surface area contributed by atoms with Crippen LogP contribution in [-0.4, -0.2) is 68.5 Å². The van der Waals surface area contributed by atoms with Crippen molar-refractivity contribution in [3.63, 3.8) is 0 Å². The fraction of sp³-hybridized carbons (Fsp3) is 0.500. The van der Waals surface area contributed by atoms with Gasteiger partial charge in [0, 0.05) is 43.0 Å². The lowest BCUT2D eigenvalue weighted by Gasteiger charge is -2.34. The molecule has 1 aliphatic heterocycles. The number of halogens is 4. The number of rotatable bonds is 8. The number of nitrogens with zero attached hydrogens (tertiary/aromatic N) is 2. The van der Waals surface area contributed by atoms with Crippen molar-refractivity contribution < 1.29 is 32.2 Å². The van der Waals surface area contributed by atoms with Gasteiger partial charge in [-0.05, 0) is 49.2 Å². The van der Waals surface area contributed by atoms with Crippen LogP contribution in [0, 0.1) is 11.7 Å². The minimum absolute atomic E-state index is 0.0140. The predicted octanol–water partition coefficient (Wildman–Crippen LogP) is 4.73. The van der Waals surface area contributed by atoms with Crippen molar-refractivity contribution in [3.8, 4) is 16.9 Å². The molecule has 0 aliphatic carbocycles. The number of carbonyl (C=O) groups is 1. The van der Waals surface area contributed by atoms with Gasteiger partial charge in [0.1, 0.15) is 23.7 Å². The van der Waals surface area contributed by atoms with Gasteiger partial charge in [-0.2, -0.15) is 13.2 Å². The summed E-state index contributed by atoms with van der Waals surface area (Å²) in [4.78, 5) is 16.4. The number of aromatic hydroxyl groups is 1. The number of methoxy groups -OCH3 is 1. The highest BCUT2D eigenvalue weighted by Gasteiger charge is 2.43. The number of carbonyl (C=O) groups excluding carboxylic acids is 1. The summed E-state index contributed by atoms with van der Waals surface area (Å²) in [5.41, 5.74) is 0.596. The molecule has 36 heavy (non-hydrogen) atoms. The van der Waals surface area contributed by atoms with E-state index in [4.69, 9.17) is 0 Å². The number of likely N-dealkylation sites (N-methyl/N-ethyl adjacent to an activating group) is 1. The number of hydrogen-bond acceptors (Lipinski definition) is 6. The molecular formula is C26H33F4N3O3. The maximum absolute atomic E-state index is 15.2. The SMILES string of the molecule is COC(=O)[C@H](CC(C)C)NC(c1ccc(-c2cc(N3CCN(C)CC3)ccc2O)c(F)c1)C(F)(F)F. The molecule has 198 valence electrons. The summed E-state index contributed by atoms with van der Waals surface area (Å²) in [6, 6.07) is 4.53. The van der Waals surface area contributed by atoms with Crippen LogP contribution in [0.25, 0.3) is 11.1 Å². The number of alkyl halides is 3. The Balaban J connectivity index is 1.93. The second-order valence-electron chi connectivity index (χ2n) is 9.58. The Bertz CT molecular complexity index is 1050. The summed E-state index contributed by atoms with van der Waals surface area (Å²) in [5, 5.41) is 12.7. The van der Waals surface area contributed by atoms with Gasteiger partial charge in [-0.15, -0.1) is 0 Å². The molecule has 3 rings (SSSR count). The molecule has 2 atom stereocenters. The lowest BCUT2D eigenvalue weighted by molar-refractivity contribution is -0.164. The highest BCUT2D eigenvalue weighted by molar-refractivity contribution is 5.76. The maximum Gasteiger partial charge on any atom is 0.407 e. The zero-order valence-corrected chi connectivity index (χ0v) is 20.9. The molecule has 0 saturated carbocycles. The van der Waals surface area contributed by atoms with E-state index in [1.54, 1.807) is 26.0 Å². The van der Waals surface area contributed by atoms with Gasteiger partial charge in [0.05, 0.1) is 7.11 Å². The monoisotopic (exact) mass is 511 g/mol. The molecule has 2 aromatic rings. The van der Waals surface area contributed by atoms with Crippen molar-refractivity contribution in [1.29, 1.82) is 0 Å². The summed E-state index contributed by atoms with van der Waals surface area (Å²) in [6.07, 6.45) is -4.67. The van der Waals surface area contributed by atoms with Gasteiger partial charge in [0.15, 0.2) is 0 Å². The molecule has 1 saturated heterocycles. The first kappa shape index (κ1) is 27.7. The van der Waals surface area contributed by atoms with Gasteiger partial charge in [0.2, 0.25) is 0 Å². The second kappa shape index (κ2) is 11.5. The maximum atomic E-state index is 15.2. The zero-order valence-electron chi connectivity index (χ0n) is 20.9. The molecule has 1 unspecified atom stereocenters. The van der Waals surface area contributed by atoms with Gasteiger partial charge in [-0.3, -0.25) is 10.1 Å². The molecule has 0 aromatic heterocycles. The molecule has 2 N–H and O–H groups in total. The standard InChI is InChI=1S/C26H33F4N3O3/c1-16(2)13-22(25(35)36-4)31-24(26(28,29)30)17-5-7-19(21(27)14-17)20-15-18(6-8-23(20)34)33-11-9-32(3)10-12-33/h5-8,14-16,22,24,31,34H,9-13H2,1-4H3/t22-,24?/m0/s1.